The molecule has 0 aromatic carbocycles. The highest BCUT2D eigenvalue weighted by molar-refractivity contribution is 5.83. The van der Waals surface area contributed by atoms with Crippen molar-refractivity contribution in [3.8, 4) is 0 Å². The van der Waals surface area contributed by atoms with Gasteiger partial charge < -0.3 is 24.4 Å². The molecule has 4 atom stereocenters. The lowest BCUT2D eigenvalue weighted by atomic mass is 9.80. The van der Waals surface area contributed by atoms with E-state index in [1.807, 2.05) is 0 Å². The fourth-order valence-corrected chi connectivity index (χ4v) is 5.62. The van der Waals surface area contributed by atoms with Crippen LogP contribution in [0.2, 0.25) is 0 Å². The molecular formula is C24H34F3N3O4. The smallest absolute Gasteiger partial charge is 0.385 e. The molecule has 190 valence electrons. The molecule has 1 aromatic rings. The lowest BCUT2D eigenvalue weighted by molar-refractivity contribution is -0.144. The van der Waals surface area contributed by atoms with Crippen LogP contribution in [0.5, 0.6) is 0 Å². The van der Waals surface area contributed by atoms with Crippen LogP contribution < -0.4 is 5.32 Å². The molecule has 10 heteroatoms. The highest BCUT2D eigenvalue weighted by atomic mass is 19.4. The Bertz CT molecular complexity index is 868. The molecule has 0 unspecified atom stereocenters. The number of aromatic nitrogens is 1. The van der Waals surface area contributed by atoms with Gasteiger partial charge in [0.25, 0.3) is 0 Å². The molecule has 0 radical (unpaired) electrons. The molecule has 1 amide bonds. The number of amides is 1. The van der Waals surface area contributed by atoms with Crippen molar-refractivity contribution in [1.82, 2.24) is 15.2 Å². The van der Waals surface area contributed by atoms with Crippen LogP contribution in [0.4, 0.5) is 13.2 Å². The zero-order chi connectivity index (χ0) is 24.3. The number of pyridine rings is 1. The SMILES string of the molecule is COCC[C@]1(C(=O)N2CCc3ncc(C(F)(F)F)cc3C2)CC[C@@H](N[C@H]2CCOC[C@H]2OC)C1. The molecule has 1 aliphatic carbocycles. The molecular weight excluding hydrogens is 451 g/mol. The standard InChI is InChI=1S/C24H34F3N3O4/c1-32-10-7-23(6-3-18(12-23)29-20-5-9-34-15-21(20)33-2)22(31)30-8-4-19-16(14-30)11-17(13-28-19)24(25,26)27/h11,13,18,20-21,29H,3-10,12,14-15H2,1-2H3/t18-,20+,21-,23-/m1/s1. The van der Waals surface area contributed by atoms with Crippen molar-refractivity contribution < 1.29 is 32.2 Å². The van der Waals surface area contributed by atoms with E-state index >= 15 is 0 Å². The summed E-state index contributed by atoms with van der Waals surface area (Å²) in [6, 6.07) is 1.47. The van der Waals surface area contributed by atoms with Gasteiger partial charge in [-0.1, -0.05) is 0 Å². The third kappa shape index (κ3) is 5.40. The summed E-state index contributed by atoms with van der Waals surface area (Å²) in [4.78, 5) is 19.6. The molecule has 0 spiro atoms. The second kappa shape index (κ2) is 10.5. The van der Waals surface area contributed by atoms with Crippen LogP contribution in [0.1, 0.15) is 48.9 Å². The molecule has 7 nitrogen and oxygen atoms in total. The predicted molar refractivity (Wildman–Crippen MR) is 118 cm³/mol. The molecule has 0 bridgehead atoms. The molecule has 2 aliphatic heterocycles. The second-order valence-electron chi connectivity index (χ2n) is 9.68. The number of carbonyl (C=O) groups is 1. The quantitative estimate of drug-likeness (QED) is 0.640. The molecule has 1 aromatic heterocycles. The Hall–Kier alpha value is -1.75. The first-order chi connectivity index (χ1) is 16.3. The van der Waals surface area contributed by atoms with Crippen molar-refractivity contribution >= 4 is 5.91 Å². The lowest BCUT2D eigenvalue weighted by Crippen LogP contribution is -2.51. The average Bonchev–Trinajstić information content (AvgIpc) is 3.25. The number of nitrogens with one attached hydrogen (secondary N) is 1. The number of alkyl halides is 3. The Balaban J connectivity index is 1.48. The van der Waals surface area contributed by atoms with Crippen molar-refractivity contribution in [2.75, 3.05) is 40.6 Å². The molecule has 1 N–H and O–H groups in total. The van der Waals surface area contributed by atoms with Gasteiger partial charge in [0.15, 0.2) is 0 Å². The van der Waals surface area contributed by atoms with E-state index < -0.39 is 17.2 Å². The fourth-order valence-electron chi connectivity index (χ4n) is 5.62. The van der Waals surface area contributed by atoms with Gasteiger partial charge in [-0.05, 0) is 43.7 Å². The minimum absolute atomic E-state index is 0.00665. The number of halogens is 3. The maximum absolute atomic E-state index is 13.8. The molecule has 34 heavy (non-hydrogen) atoms. The highest BCUT2D eigenvalue weighted by Gasteiger charge is 2.48. The van der Waals surface area contributed by atoms with Crippen LogP contribution in [-0.2, 0) is 38.1 Å². The number of hydrogen-bond donors (Lipinski definition) is 1. The van der Waals surface area contributed by atoms with Crippen LogP contribution in [-0.4, -0.2) is 74.6 Å². The van der Waals surface area contributed by atoms with Crippen LogP contribution in [0.25, 0.3) is 0 Å². The van der Waals surface area contributed by atoms with Gasteiger partial charge >= 0.3 is 6.18 Å². The van der Waals surface area contributed by atoms with Crippen molar-refractivity contribution in [3.05, 3.63) is 29.1 Å². The number of rotatable bonds is 7. The van der Waals surface area contributed by atoms with Gasteiger partial charge in [-0.3, -0.25) is 9.78 Å². The summed E-state index contributed by atoms with van der Waals surface area (Å²) in [5, 5.41) is 3.70. The fraction of sp³-hybridized carbons (Fsp3) is 0.750. The summed E-state index contributed by atoms with van der Waals surface area (Å²) >= 11 is 0. The molecule has 3 aliphatic rings. The third-order valence-electron chi connectivity index (χ3n) is 7.56. The van der Waals surface area contributed by atoms with E-state index in [-0.39, 0.29) is 30.6 Å². The number of ether oxygens (including phenoxy) is 3. The van der Waals surface area contributed by atoms with E-state index in [2.05, 4.69) is 10.3 Å². The molecule has 4 rings (SSSR count). The minimum Gasteiger partial charge on any atom is -0.385 e. The Morgan fingerprint density at radius 3 is 2.91 bits per heavy atom. The largest absolute Gasteiger partial charge is 0.417 e. The van der Waals surface area contributed by atoms with Crippen LogP contribution >= 0.6 is 0 Å². The maximum atomic E-state index is 13.8. The van der Waals surface area contributed by atoms with E-state index in [4.69, 9.17) is 14.2 Å². The van der Waals surface area contributed by atoms with E-state index in [1.54, 1.807) is 19.1 Å². The number of methoxy groups -OCH3 is 2. The molecule has 3 heterocycles. The Morgan fingerprint density at radius 2 is 2.18 bits per heavy atom. The number of hydrogen-bond acceptors (Lipinski definition) is 6. The van der Waals surface area contributed by atoms with E-state index in [9.17, 15) is 18.0 Å². The van der Waals surface area contributed by atoms with Gasteiger partial charge in [0.1, 0.15) is 0 Å². The first-order valence-electron chi connectivity index (χ1n) is 12.0. The summed E-state index contributed by atoms with van der Waals surface area (Å²) in [7, 11) is 3.30. The summed E-state index contributed by atoms with van der Waals surface area (Å²) in [6.45, 7) is 2.31. The Labute approximate surface area is 198 Å². The normalized spacial score (nSPS) is 29.8. The van der Waals surface area contributed by atoms with Gasteiger partial charge in [0.2, 0.25) is 5.91 Å². The first-order valence-corrected chi connectivity index (χ1v) is 12.0. The maximum Gasteiger partial charge on any atom is 0.417 e. The van der Waals surface area contributed by atoms with E-state index in [0.717, 1.165) is 31.5 Å². The average molecular weight is 486 g/mol. The Kier molecular flexibility index (Phi) is 7.81. The third-order valence-corrected chi connectivity index (χ3v) is 7.56. The molecule has 1 saturated carbocycles. The van der Waals surface area contributed by atoms with Gasteiger partial charge in [-0.2, -0.15) is 13.2 Å². The van der Waals surface area contributed by atoms with Gasteiger partial charge in [0, 0.05) is 70.9 Å². The summed E-state index contributed by atoms with van der Waals surface area (Å²) < 4.78 is 56.0. The molecule has 2 fully saturated rings. The number of fused-ring (bicyclic) bond motifs is 1. The zero-order valence-corrected chi connectivity index (χ0v) is 19.8. The number of carbonyl (C=O) groups excluding carboxylic acids is 1. The van der Waals surface area contributed by atoms with E-state index in [1.165, 1.54) is 0 Å². The van der Waals surface area contributed by atoms with Gasteiger partial charge in [0.05, 0.1) is 23.7 Å². The van der Waals surface area contributed by atoms with Crippen LogP contribution in [0.15, 0.2) is 12.3 Å². The lowest BCUT2D eigenvalue weighted by Gasteiger charge is -2.38. The number of nitrogens with zero attached hydrogens (tertiary/aromatic N) is 2. The Morgan fingerprint density at radius 1 is 1.35 bits per heavy atom. The van der Waals surface area contributed by atoms with Crippen molar-refractivity contribution in [2.45, 2.75) is 69.4 Å². The van der Waals surface area contributed by atoms with E-state index in [0.29, 0.717) is 56.9 Å². The first kappa shape index (κ1) is 25.3. The summed E-state index contributed by atoms with van der Waals surface area (Å²) in [6.07, 6.45) is 0.553. The van der Waals surface area contributed by atoms with Crippen molar-refractivity contribution in [3.63, 3.8) is 0 Å². The predicted octanol–water partition coefficient (Wildman–Crippen LogP) is 2.95. The second-order valence-corrected chi connectivity index (χ2v) is 9.68. The van der Waals surface area contributed by atoms with Crippen LogP contribution in [0, 0.1) is 5.41 Å². The summed E-state index contributed by atoms with van der Waals surface area (Å²) in [5.74, 6) is 0.00665. The van der Waals surface area contributed by atoms with Crippen molar-refractivity contribution in [2.24, 2.45) is 5.41 Å². The summed E-state index contributed by atoms with van der Waals surface area (Å²) in [5.41, 5.74) is -0.245. The minimum atomic E-state index is -4.46. The van der Waals surface area contributed by atoms with Gasteiger partial charge in [-0.25, -0.2) is 0 Å². The topological polar surface area (TPSA) is 72.9 Å². The highest BCUT2D eigenvalue weighted by Crippen LogP contribution is 2.44. The monoisotopic (exact) mass is 485 g/mol. The van der Waals surface area contributed by atoms with Crippen molar-refractivity contribution in [1.29, 1.82) is 0 Å². The van der Waals surface area contributed by atoms with Gasteiger partial charge in [-0.15, -0.1) is 0 Å². The van der Waals surface area contributed by atoms with Crippen LogP contribution in [0.3, 0.4) is 0 Å². The zero-order valence-electron chi connectivity index (χ0n) is 19.8. The molecule has 1 saturated heterocycles.